The van der Waals surface area contributed by atoms with E-state index in [1.165, 1.54) is 7.05 Å². The molecule has 0 aliphatic rings. The highest BCUT2D eigenvalue weighted by Gasteiger charge is 2.09. The Balaban J connectivity index is 0.000000264. The molecule has 0 atom stereocenters. The molecule has 6 rings (SSSR count). The van der Waals surface area contributed by atoms with Gasteiger partial charge in [0.1, 0.15) is 16.8 Å². The predicted octanol–water partition coefficient (Wildman–Crippen LogP) is 7.93. The highest BCUT2D eigenvalue weighted by atomic mass is 35.5. The highest BCUT2D eigenvalue weighted by Crippen LogP contribution is 2.20. The SMILES string of the molecule is CCC(=O)c1ccc2nc(NC)ccc2c1.CCN.CCOC(=O)c1ccc2nc(Cl)ccc2c1.CCOC(=O)c1ccc2nc(NC)ccc2c1.CN. The third kappa shape index (κ3) is 13.4. The molecule has 12 nitrogen and oxygen atoms in total. The summed E-state index contributed by atoms with van der Waals surface area (Å²) in [6, 6.07) is 27.3. The number of fused-ring (bicyclic) bond motifs is 3. The third-order valence-corrected chi connectivity index (χ3v) is 7.42. The molecule has 0 aliphatic carbocycles. The molecule has 0 saturated heterocycles. The van der Waals surface area contributed by atoms with E-state index in [4.69, 9.17) is 26.8 Å². The van der Waals surface area contributed by atoms with Crippen LogP contribution in [0.1, 0.15) is 65.2 Å². The van der Waals surface area contributed by atoms with Crippen molar-refractivity contribution < 1.29 is 23.9 Å². The van der Waals surface area contributed by atoms with Crippen LogP contribution in [0.15, 0.2) is 91.0 Å². The number of ether oxygens (including phenoxy) is 2. The number of pyridine rings is 3. The molecule has 3 heterocycles. The number of nitrogens with zero attached hydrogens (tertiary/aromatic N) is 3. The summed E-state index contributed by atoms with van der Waals surface area (Å²) in [6.07, 6.45) is 0.535. The van der Waals surface area contributed by atoms with Crippen molar-refractivity contribution in [2.24, 2.45) is 11.5 Å². The standard InChI is InChI=1S/C13H14N2O2.C13H14N2O.C12H10ClNO2.C2H7N.CH5N/c1-3-17-13(16)10-4-6-11-9(8-10)5-7-12(14-2)15-11;1-3-12(16)10-4-6-11-9(8-10)5-7-13(14-2)15-11;1-2-16-12(15)9-3-5-10-8(7-9)4-6-11(13)14-10;1-2-3;1-2/h4-8H,3H2,1-2H3,(H,14,15);4-8H,3H2,1-2H3,(H,14,15);3-7H,2H2,1H3;2-3H2,1H3;2H2,1H3. The molecule has 0 unspecified atom stereocenters. The number of esters is 2. The zero-order chi connectivity index (χ0) is 40.0. The maximum Gasteiger partial charge on any atom is 0.338 e. The second-order valence-corrected chi connectivity index (χ2v) is 11.3. The molecule has 0 fully saturated rings. The number of nitrogens with two attached hydrogens (primary N) is 2. The van der Waals surface area contributed by atoms with Crippen LogP contribution in [-0.2, 0) is 9.47 Å². The fourth-order valence-corrected chi connectivity index (χ4v) is 4.84. The van der Waals surface area contributed by atoms with Gasteiger partial charge in [-0.25, -0.2) is 24.5 Å². The minimum Gasteiger partial charge on any atom is -0.462 e. The summed E-state index contributed by atoms with van der Waals surface area (Å²) in [5.41, 5.74) is 13.7. The van der Waals surface area contributed by atoms with Crippen LogP contribution in [0, 0.1) is 0 Å². The van der Waals surface area contributed by atoms with Crippen molar-refractivity contribution in [1.29, 1.82) is 0 Å². The maximum atomic E-state index is 11.6. The molecule has 13 heteroatoms. The van der Waals surface area contributed by atoms with Crippen molar-refractivity contribution in [2.75, 3.05) is 51.5 Å². The van der Waals surface area contributed by atoms with Gasteiger partial charge in [0.2, 0.25) is 0 Å². The van der Waals surface area contributed by atoms with Crippen molar-refractivity contribution >= 4 is 73.7 Å². The molecule has 0 aliphatic heterocycles. The number of ketones is 1. The largest absolute Gasteiger partial charge is 0.462 e. The van der Waals surface area contributed by atoms with Gasteiger partial charge in [0.25, 0.3) is 0 Å². The van der Waals surface area contributed by atoms with E-state index in [2.05, 4.69) is 31.3 Å². The first-order valence-electron chi connectivity index (χ1n) is 17.5. The van der Waals surface area contributed by atoms with Crippen molar-refractivity contribution in [3.05, 3.63) is 113 Å². The monoisotopic (exact) mass is 755 g/mol. The summed E-state index contributed by atoms with van der Waals surface area (Å²) in [5.74, 6) is 1.19. The molecule has 6 N–H and O–H groups in total. The summed E-state index contributed by atoms with van der Waals surface area (Å²) in [5, 5.41) is 9.20. The van der Waals surface area contributed by atoms with Gasteiger partial charge in [-0.2, -0.15) is 0 Å². The van der Waals surface area contributed by atoms with Crippen LogP contribution in [0.2, 0.25) is 5.15 Å². The van der Waals surface area contributed by atoms with Crippen LogP contribution < -0.4 is 22.1 Å². The Labute approximate surface area is 321 Å². The number of carbonyl (C=O) groups is 3. The second-order valence-electron chi connectivity index (χ2n) is 10.9. The first-order chi connectivity index (χ1) is 26.1. The normalized spacial score (nSPS) is 9.81. The molecule has 3 aromatic heterocycles. The number of nitrogens with one attached hydrogen (secondary N) is 2. The molecule has 0 amide bonds. The van der Waals surface area contributed by atoms with Crippen LogP contribution >= 0.6 is 11.6 Å². The number of rotatable bonds is 8. The zero-order valence-corrected chi connectivity index (χ0v) is 32.7. The first-order valence-corrected chi connectivity index (χ1v) is 17.9. The molecule has 286 valence electrons. The summed E-state index contributed by atoms with van der Waals surface area (Å²) < 4.78 is 9.87. The second kappa shape index (κ2) is 23.8. The Morgan fingerprint density at radius 3 is 1.35 bits per heavy atom. The van der Waals surface area contributed by atoms with E-state index >= 15 is 0 Å². The van der Waals surface area contributed by atoms with Crippen LogP contribution in [0.3, 0.4) is 0 Å². The van der Waals surface area contributed by atoms with Gasteiger partial charge >= 0.3 is 11.9 Å². The summed E-state index contributed by atoms with van der Waals surface area (Å²) in [6.45, 7) is 8.85. The Morgan fingerprint density at radius 2 is 0.963 bits per heavy atom. The lowest BCUT2D eigenvalue weighted by Crippen LogP contribution is -2.04. The van der Waals surface area contributed by atoms with E-state index in [1.54, 1.807) is 50.2 Å². The number of carbonyl (C=O) groups excluding carboxylic acids is 3. The molecular formula is C41H50ClN7O5. The molecular weight excluding hydrogens is 706 g/mol. The fraction of sp³-hybridized carbons (Fsp3) is 0.268. The van der Waals surface area contributed by atoms with Crippen LogP contribution in [0.4, 0.5) is 11.6 Å². The highest BCUT2D eigenvalue weighted by molar-refractivity contribution is 6.29. The van der Waals surface area contributed by atoms with Crippen LogP contribution in [0.5, 0.6) is 0 Å². The molecule has 6 aromatic rings. The third-order valence-electron chi connectivity index (χ3n) is 7.21. The van der Waals surface area contributed by atoms with Gasteiger partial charge in [-0.15, -0.1) is 0 Å². The zero-order valence-electron chi connectivity index (χ0n) is 31.9. The van der Waals surface area contributed by atoms with Crippen LogP contribution in [-0.4, -0.2) is 73.6 Å². The number of hydrogen-bond acceptors (Lipinski definition) is 12. The van der Waals surface area contributed by atoms with Crippen molar-refractivity contribution in [2.45, 2.75) is 34.1 Å². The smallest absolute Gasteiger partial charge is 0.338 e. The molecule has 0 bridgehead atoms. The fourth-order valence-electron chi connectivity index (χ4n) is 4.69. The lowest BCUT2D eigenvalue weighted by molar-refractivity contribution is 0.0517. The topological polar surface area (TPSA) is 184 Å². The Morgan fingerprint density at radius 1 is 0.593 bits per heavy atom. The van der Waals surface area contributed by atoms with Crippen molar-refractivity contribution in [3.63, 3.8) is 0 Å². The number of aromatic nitrogens is 3. The minimum absolute atomic E-state index is 0.166. The van der Waals surface area contributed by atoms with Gasteiger partial charge in [-0.05, 0) is 118 Å². The van der Waals surface area contributed by atoms with E-state index in [0.29, 0.717) is 35.9 Å². The summed E-state index contributed by atoms with van der Waals surface area (Å²) in [4.78, 5) is 47.5. The molecule has 54 heavy (non-hydrogen) atoms. The van der Waals surface area contributed by atoms with Crippen LogP contribution in [0.25, 0.3) is 32.7 Å². The maximum absolute atomic E-state index is 11.6. The number of hydrogen-bond donors (Lipinski definition) is 4. The summed E-state index contributed by atoms with van der Waals surface area (Å²) >= 11 is 5.77. The Hall–Kier alpha value is -5.69. The van der Waals surface area contributed by atoms with E-state index < -0.39 is 0 Å². The molecule has 0 radical (unpaired) electrons. The lowest BCUT2D eigenvalue weighted by Gasteiger charge is -2.04. The van der Waals surface area contributed by atoms with E-state index in [9.17, 15) is 14.4 Å². The quantitative estimate of drug-likeness (QED) is 0.0669. The average Bonchev–Trinajstić information content (AvgIpc) is 3.21. The van der Waals surface area contributed by atoms with E-state index in [-0.39, 0.29) is 17.7 Å². The van der Waals surface area contributed by atoms with E-state index in [0.717, 1.165) is 56.5 Å². The number of anilines is 2. The number of halogens is 1. The van der Waals surface area contributed by atoms with E-state index in [1.807, 2.05) is 82.5 Å². The Kier molecular flexibility index (Phi) is 19.6. The van der Waals surface area contributed by atoms with Gasteiger partial charge in [-0.1, -0.05) is 25.4 Å². The van der Waals surface area contributed by atoms with Gasteiger partial charge in [-0.3, -0.25) is 4.79 Å². The minimum atomic E-state index is -0.320. The first kappa shape index (κ1) is 44.5. The number of benzene rings is 3. The van der Waals surface area contributed by atoms with Gasteiger partial charge in [0.05, 0.1) is 40.9 Å². The molecule has 3 aromatic carbocycles. The summed E-state index contributed by atoms with van der Waals surface area (Å²) in [7, 11) is 5.16. The average molecular weight is 756 g/mol. The lowest BCUT2D eigenvalue weighted by atomic mass is 10.1. The number of Topliss-reactive ketones (excluding diaryl/α,β-unsaturated/α-hetero) is 1. The van der Waals surface area contributed by atoms with Gasteiger partial charge in [0, 0.05) is 42.2 Å². The predicted molar refractivity (Wildman–Crippen MR) is 221 cm³/mol. The van der Waals surface area contributed by atoms with Crippen molar-refractivity contribution in [1.82, 2.24) is 15.0 Å². The molecule has 0 spiro atoms. The Bertz CT molecular complexity index is 2130. The molecule has 0 saturated carbocycles. The van der Waals surface area contributed by atoms with Gasteiger partial charge in [0.15, 0.2) is 5.78 Å². The van der Waals surface area contributed by atoms with Crippen molar-refractivity contribution in [3.8, 4) is 0 Å². The van der Waals surface area contributed by atoms with Gasteiger partial charge < -0.3 is 31.6 Å².